The quantitative estimate of drug-likeness (QED) is 0.406. The Kier molecular flexibility index (Phi) is 9.60. The number of carboxylic acid groups (broad SMARTS) is 2. The molecule has 2 rings (SSSR count). The number of amides is 1. The molecule has 0 fully saturated rings. The van der Waals surface area contributed by atoms with E-state index in [0.29, 0.717) is 0 Å². The molecular formula is C20H23F3N4O5. The zero-order valence-electron chi connectivity index (χ0n) is 17.2. The summed E-state index contributed by atoms with van der Waals surface area (Å²) in [6.07, 6.45) is -2.78. The SMILES string of the molecule is CNC(CCC(N)=O)C(=O)O.Cc1c(Nc2ncccc2C(=O)O)cccc1C(F)(F)F. The number of nitrogens with zero attached hydrogens (tertiary/aromatic N) is 1. The van der Waals surface area contributed by atoms with Crippen molar-refractivity contribution < 1.29 is 37.8 Å². The molecule has 1 amide bonds. The lowest BCUT2D eigenvalue weighted by Gasteiger charge is -2.15. The number of rotatable bonds is 8. The first-order valence-corrected chi connectivity index (χ1v) is 9.19. The first-order valence-electron chi connectivity index (χ1n) is 9.19. The number of benzene rings is 1. The second-order valence-electron chi connectivity index (χ2n) is 6.49. The number of nitrogens with two attached hydrogens (primary N) is 1. The van der Waals surface area contributed by atoms with E-state index in [-0.39, 0.29) is 35.5 Å². The number of primary amides is 1. The van der Waals surface area contributed by atoms with Gasteiger partial charge < -0.3 is 26.6 Å². The van der Waals surface area contributed by atoms with E-state index in [0.717, 1.165) is 6.07 Å². The lowest BCUT2D eigenvalue weighted by atomic mass is 10.1. The summed E-state index contributed by atoms with van der Waals surface area (Å²) >= 11 is 0. The van der Waals surface area contributed by atoms with Crippen molar-refractivity contribution in [3.8, 4) is 0 Å². The van der Waals surface area contributed by atoms with Crippen molar-refractivity contribution in [1.29, 1.82) is 0 Å². The molecule has 1 aromatic heterocycles. The van der Waals surface area contributed by atoms with Crippen LogP contribution in [0.4, 0.5) is 24.7 Å². The Bertz CT molecular complexity index is 966. The highest BCUT2D eigenvalue weighted by molar-refractivity contribution is 5.94. The molecule has 12 heteroatoms. The van der Waals surface area contributed by atoms with Gasteiger partial charge in [0.1, 0.15) is 17.4 Å². The van der Waals surface area contributed by atoms with Crippen molar-refractivity contribution in [3.05, 3.63) is 53.2 Å². The second kappa shape index (κ2) is 11.6. The topological polar surface area (TPSA) is 155 Å². The number of anilines is 2. The van der Waals surface area contributed by atoms with Crippen LogP contribution in [0, 0.1) is 6.92 Å². The van der Waals surface area contributed by atoms with Crippen molar-refractivity contribution in [2.75, 3.05) is 12.4 Å². The Morgan fingerprint density at radius 3 is 2.31 bits per heavy atom. The standard InChI is InChI=1S/C14H11F3N2O2.C6H12N2O3/c1-8-10(14(15,16)17)5-2-6-11(8)19-12-9(13(20)21)4-3-7-18-12;1-8-4(6(10)11)2-3-5(7)9/h2-7H,1H3,(H,18,19)(H,20,21);4,8H,2-3H2,1H3,(H2,7,9)(H,10,11). The van der Waals surface area contributed by atoms with Crippen LogP contribution >= 0.6 is 0 Å². The molecule has 0 saturated heterocycles. The van der Waals surface area contributed by atoms with Gasteiger partial charge in [-0.05, 0) is 50.2 Å². The number of aromatic carboxylic acids is 1. The predicted octanol–water partition coefficient (Wildman–Crippen LogP) is 2.78. The number of alkyl halides is 3. The summed E-state index contributed by atoms with van der Waals surface area (Å²) in [5.74, 6) is -2.66. The van der Waals surface area contributed by atoms with Gasteiger partial charge >= 0.3 is 18.1 Å². The molecule has 1 aromatic carbocycles. The monoisotopic (exact) mass is 456 g/mol. The lowest BCUT2D eigenvalue weighted by Crippen LogP contribution is -2.34. The molecule has 0 aliphatic carbocycles. The molecule has 1 atom stereocenters. The molecular weight excluding hydrogens is 433 g/mol. The molecule has 0 bridgehead atoms. The van der Waals surface area contributed by atoms with Crippen LogP contribution in [0.1, 0.15) is 34.3 Å². The fourth-order valence-electron chi connectivity index (χ4n) is 2.56. The van der Waals surface area contributed by atoms with Crippen LogP contribution in [0.5, 0.6) is 0 Å². The number of aromatic nitrogens is 1. The number of pyridine rings is 1. The summed E-state index contributed by atoms with van der Waals surface area (Å²) in [7, 11) is 1.53. The van der Waals surface area contributed by atoms with Gasteiger partial charge in [0.25, 0.3) is 0 Å². The third-order valence-electron chi connectivity index (χ3n) is 4.26. The summed E-state index contributed by atoms with van der Waals surface area (Å²) in [4.78, 5) is 35.5. The Morgan fingerprint density at radius 2 is 1.81 bits per heavy atom. The Labute approximate surface area is 181 Å². The zero-order valence-corrected chi connectivity index (χ0v) is 17.2. The van der Waals surface area contributed by atoms with Gasteiger partial charge in [-0.3, -0.25) is 9.59 Å². The molecule has 32 heavy (non-hydrogen) atoms. The first-order chi connectivity index (χ1) is 14.9. The van der Waals surface area contributed by atoms with Crippen molar-refractivity contribution in [2.24, 2.45) is 5.73 Å². The first kappa shape index (κ1) is 26.4. The third kappa shape index (κ3) is 7.87. The maximum Gasteiger partial charge on any atom is 0.416 e. The third-order valence-corrected chi connectivity index (χ3v) is 4.26. The smallest absolute Gasteiger partial charge is 0.416 e. The van der Waals surface area contributed by atoms with E-state index in [1.807, 2.05) is 0 Å². The van der Waals surface area contributed by atoms with E-state index in [2.05, 4.69) is 15.6 Å². The lowest BCUT2D eigenvalue weighted by molar-refractivity contribution is -0.140. The highest BCUT2D eigenvalue weighted by atomic mass is 19.4. The molecule has 0 radical (unpaired) electrons. The molecule has 1 heterocycles. The van der Waals surface area contributed by atoms with E-state index in [1.165, 1.54) is 44.4 Å². The highest BCUT2D eigenvalue weighted by Gasteiger charge is 2.33. The molecule has 2 aromatic rings. The number of aliphatic carboxylic acids is 1. The van der Waals surface area contributed by atoms with Crippen LogP contribution < -0.4 is 16.4 Å². The number of carbonyl (C=O) groups excluding carboxylic acids is 1. The molecule has 0 aliphatic heterocycles. The normalized spacial score (nSPS) is 11.7. The molecule has 0 saturated carbocycles. The van der Waals surface area contributed by atoms with Crippen LogP contribution in [-0.4, -0.2) is 46.1 Å². The number of carboxylic acids is 2. The van der Waals surface area contributed by atoms with E-state index in [9.17, 15) is 27.6 Å². The molecule has 174 valence electrons. The average molecular weight is 456 g/mol. The Morgan fingerprint density at radius 1 is 1.16 bits per heavy atom. The maximum atomic E-state index is 12.8. The van der Waals surface area contributed by atoms with Crippen molar-refractivity contribution in [2.45, 2.75) is 32.0 Å². The molecule has 6 N–H and O–H groups in total. The van der Waals surface area contributed by atoms with E-state index in [4.69, 9.17) is 15.9 Å². The van der Waals surface area contributed by atoms with Crippen molar-refractivity contribution >= 4 is 29.4 Å². The van der Waals surface area contributed by atoms with Crippen LogP contribution in [0.25, 0.3) is 0 Å². The fourth-order valence-corrected chi connectivity index (χ4v) is 2.56. The second-order valence-corrected chi connectivity index (χ2v) is 6.49. The summed E-state index contributed by atoms with van der Waals surface area (Å²) in [5, 5.41) is 22.7. The van der Waals surface area contributed by atoms with Gasteiger partial charge in [0.05, 0.1) is 5.56 Å². The van der Waals surface area contributed by atoms with E-state index >= 15 is 0 Å². The summed E-state index contributed by atoms with van der Waals surface area (Å²) in [5.41, 5.74) is 4.08. The van der Waals surface area contributed by atoms with Crippen LogP contribution in [0.3, 0.4) is 0 Å². The number of halogens is 3. The predicted molar refractivity (Wildman–Crippen MR) is 110 cm³/mol. The summed E-state index contributed by atoms with van der Waals surface area (Å²) < 4.78 is 38.5. The van der Waals surface area contributed by atoms with E-state index < -0.39 is 35.6 Å². The molecule has 0 spiro atoms. The average Bonchev–Trinajstić information content (AvgIpc) is 2.69. The number of likely N-dealkylation sites (N-methyl/N-ethyl adjacent to an activating group) is 1. The number of hydrogen-bond acceptors (Lipinski definition) is 6. The van der Waals surface area contributed by atoms with Crippen molar-refractivity contribution in [3.63, 3.8) is 0 Å². The minimum absolute atomic E-state index is 0.00701. The summed E-state index contributed by atoms with van der Waals surface area (Å²) in [6, 6.07) is 5.74. The Hall–Kier alpha value is -3.67. The van der Waals surface area contributed by atoms with Crippen LogP contribution in [0.15, 0.2) is 36.5 Å². The van der Waals surface area contributed by atoms with Gasteiger partial charge in [0, 0.05) is 18.3 Å². The molecule has 1 unspecified atom stereocenters. The van der Waals surface area contributed by atoms with Gasteiger partial charge in [-0.2, -0.15) is 13.2 Å². The number of nitrogens with one attached hydrogen (secondary N) is 2. The van der Waals surface area contributed by atoms with Gasteiger partial charge in [0.15, 0.2) is 0 Å². The minimum atomic E-state index is -4.47. The van der Waals surface area contributed by atoms with Gasteiger partial charge in [-0.15, -0.1) is 0 Å². The highest BCUT2D eigenvalue weighted by Crippen LogP contribution is 2.35. The van der Waals surface area contributed by atoms with Crippen LogP contribution in [-0.2, 0) is 15.8 Å². The maximum absolute atomic E-state index is 12.8. The molecule has 9 nitrogen and oxygen atoms in total. The minimum Gasteiger partial charge on any atom is -0.480 e. The zero-order chi connectivity index (χ0) is 24.5. The largest absolute Gasteiger partial charge is 0.480 e. The number of carbonyl (C=O) groups is 3. The van der Waals surface area contributed by atoms with Gasteiger partial charge in [-0.1, -0.05) is 6.07 Å². The van der Waals surface area contributed by atoms with E-state index in [1.54, 1.807) is 0 Å². The van der Waals surface area contributed by atoms with Crippen LogP contribution in [0.2, 0.25) is 0 Å². The number of hydrogen-bond donors (Lipinski definition) is 5. The van der Waals surface area contributed by atoms with Gasteiger partial charge in [-0.25, -0.2) is 9.78 Å². The van der Waals surface area contributed by atoms with Crippen molar-refractivity contribution in [1.82, 2.24) is 10.3 Å². The fraction of sp³-hybridized carbons (Fsp3) is 0.300. The molecule has 0 aliphatic rings. The summed E-state index contributed by atoms with van der Waals surface area (Å²) in [6.45, 7) is 1.31. The Balaban J connectivity index is 0.000000396. The van der Waals surface area contributed by atoms with Gasteiger partial charge in [0.2, 0.25) is 5.91 Å².